The summed E-state index contributed by atoms with van der Waals surface area (Å²) in [5.41, 5.74) is 2.24. The van der Waals surface area contributed by atoms with Gasteiger partial charge < -0.3 is 14.8 Å². The summed E-state index contributed by atoms with van der Waals surface area (Å²) in [6.07, 6.45) is 0. The summed E-state index contributed by atoms with van der Waals surface area (Å²) in [7, 11) is 0. The van der Waals surface area contributed by atoms with Crippen molar-refractivity contribution in [3.63, 3.8) is 0 Å². The van der Waals surface area contributed by atoms with Gasteiger partial charge in [0.25, 0.3) is 0 Å². The summed E-state index contributed by atoms with van der Waals surface area (Å²) in [6, 6.07) is 13.7. The third-order valence-corrected chi connectivity index (χ3v) is 3.42. The molecule has 22 heavy (non-hydrogen) atoms. The lowest BCUT2D eigenvalue weighted by Crippen LogP contribution is -2.14. The minimum absolute atomic E-state index is 0.495. The van der Waals surface area contributed by atoms with Crippen LogP contribution in [0, 0.1) is 6.92 Å². The highest BCUT2D eigenvalue weighted by Crippen LogP contribution is 2.23. The topological polar surface area (TPSA) is 30.5 Å². The van der Waals surface area contributed by atoms with Gasteiger partial charge in [-0.1, -0.05) is 30.7 Å². The Labute approximate surface area is 137 Å². The first-order valence-corrected chi connectivity index (χ1v) is 7.88. The second-order valence-corrected chi connectivity index (χ2v) is 5.48. The molecule has 2 aromatic rings. The average molecular weight is 320 g/mol. The van der Waals surface area contributed by atoms with Gasteiger partial charge in [0, 0.05) is 17.1 Å². The summed E-state index contributed by atoms with van der Waals surface area (Å²) in [5.74, 6) is 1.71. The molecule has 0 aliphatic carbocycles. The van der Waals surface area contributed by atoms with Crippen molar-refractivity contribution >= 4 is 11.6 Å². The average Bonchev–Trinajstić information content (AvgIpc) is 2.51. The van der Waals surface area contributed by atoms with E-state index in [1.165, 1.54) is 5.56 Å². The third kappa shape index (κ3) is 5.24. The number of benzene rings is 2. The van der Waals surface area contributed by atoms with Crippen LogP contribution in [0.4, 0.5) is 0 Å². The molecule has 0 aliphatic heterocycles. The first-order chi connectivity index (χ1) is 10.7. The van der Waals surface area contributed by atoms with Gasteiger partial charge in [-0.05, 0) is 49.4 Å². The monoisotopic (exact) mass is 319 g/mol. The van der Waals surface area contributed by atoms with Gasteiger partial charge in [-0.15, -0.1) is 0 Å². The van der Waals surface area contributed by atoms with E-state index in [-0.39, 0.29) is 0 Å². The lowest BCUT2D eigenvalue weighted by molar-refractivity contribution is 0.215. The maximum atomic E-state index is 6.04. The second-order valence-electron chi connectivity index (χ2n) is 5.05. The highest BCUT2D eigenvalue weighted by Gasteiger charge is 2.05. The number of ether oxygens (including phenoxy) is 2. The van der Waals surface area contributed by atoms with Crippen molar-refractivity contribution in [1.29, 1.82) is 0 Å². The molecule has 2 rings (SSSR count). The molecule has 3 nitrogen and oxygen atoms in total. The Morgan fingerprint density at radius 3 is 2.64 bits per heavy atom. The molecule has 4 heteroatoms. The second kappa shape index (κ2) is 8.66. The molecule has 0 unspecified atom stereocenters. The Hall–Kier alpha value is -1.71. The summed E-state index contributed by atoms with van der Waals surface area (Å²) in [5, 5.41) is 4.00. The predicted molar refractivity (Wildman–Crippen MR) is 91.0 cm³/mol. The van der Waals surface area contributed by atoms with Gasteiger partial charge in [0.1, 0.15) is 24.7 Å². The third-order valence-electron chi connectivity index (χ3n) is 3.19. The maximum absolute atomic E-state index is 6.04. The van der Waals surface area contributed by atoms with E-state index in [1.807, 2.05) is 49.4 Å². The molecule has 0 radical (unpaired) electrons. The van der Waals surface area contributed by atoms with Crippen molar-refractivity contribution < 1.29 is 9.47 Å². The SMILES string of the molecule is CCNCc1cc(Cl)ccc1OCCOc1cccc(C)c1. The molecule has 0 heterocycles. The van der Waals surface area contributed by atoms with Gasteiger partial charge in [0.05, 0.1) is 0 Å². The van der Waals surface area contributed by atoms with Crippen molar-refractivity contribution in [3.8, 4) is 11.5 Å². The molecule has 0 spiro atoms. The van der Waals surface area contributed by atoms with Crippen LogP contribution < -0.4 is 14.8 Å². The molecular formula is C18H22ClNO2. The van der Waals surface area contributed by atoms with Crippen molar-refractivity contribution in [2.75, 3.05) is 19.8 Å². The van der Waals surface area contributed by atoms with Crippen LogP contribution in [0.3, 0.4) is 0 Å². The fourth-order valence-corrected chi connectivity index (χ4v) is 2.30. The fraction of sp³-hybridized carbons (Fsp3) is 0.333. The summed E-state index contributed by atoms with van der Waals surface area (Å²) < 4.78 is 11.5. The first-order valence-electron chi connectivity index (χ1n) is 7.50. The molecule has 0 saturated carbocycles. The first kappa shape index (κ1) is 16.7. The summed E-state index contributed by atoms with van der Waals surface area (Å²) in [6.45, 7) is 6.76. The highest BCUT2D eigenvalue weighted by atomic mass is 35.5. The van der Waals surface area contributed by atoms with Crippen LogP contribution in [0.2, 0.25) is 5.02 Å². The largest absolute Gasteiger partial charge is 0.490 e. The minimum Gasteiger partial charge on any atom is -0.490 e. The number of nitrogens with one attached hydrogen (secondary N) is 1. The van der Waals surface area contributed by atoms with Crippen molar-refractivity contribution in [2.24, 2.45) is 0 Å². The lowest BCUT2D eigenvalue weighted by atomic mass is 10.2. The Kier molecular flexibility index (Phi) is 6.56. The van der Waals surface area contributed by atoms with Crippen LogP contribution in [0.15, 0.2) is 42.5 Å². The van der Waals surface area contributed by atoms with Crippen LogP contribution in [-0.2, 0) is 6.54 Å². The number of aryl methyl sites for hydroxylation is 1. The molecule has 0 fully saturated rings. The zero-order valence-corrected chi connectivity index (χ0v) is 13.8. The van der Waals surface area contributed by atoms with Gasteiger partial charge in [-0.2, -0.15) is 0 Å². The number of hydrogen-bond donors (Lipinski definition) is 1. The molecule has 118 valence electrons. The number of rotatable bonds is 8. The van der Waals surface area contributed by atoms with Gasteiger partial charge in [-0.25, -0.2) is 0 Å². The number of hydrogen-bond acceptors (Lipinski definition) is 3. The van der Waals surface area contributed by atoms with Crippen LogP contribution in [0.1, 0.15) is 18.1 Å². The predicted octanol–water partition coefficient (Wildman–Crippen LogP) is 4.22. The molecule has 0 aromatic heterocycles. The van der Waals surface area contributed by atoms with E-state index >= 15 is 0 Å². The Balaban J connectivity index is 1.86. The zero-order valence-electron chi connectivity index (χ0n) is 13.1. The van der Waals surface area contributed by atoms with Crippen LogP contribution in [0.25, 0.3) is 0 Å². The van der Waals surface area contributed by atoms with Gasteiger partial charge >= 0.3 is 0 Å². The molecular weight excluding hydrogens is 298 g/mol. The summed E-state index contributed by atoms with van der Waals surface area (Å²) in [4.78, 5) is 0. The molecule has 0 bridgehead atoms. The normalized spacial score (nSPS) is 10.5. The molecule has 2 aromatic carbocycles. The van der Waals surface area contributed by atoms with Crippen molar-refractivity contribution in [3.05, 3.63) is 58.6 Å². The quantitative estimate of drug-likeness (QED) is 0.739. The van der Waals surface area contributed by atoms with E-state index in [1.54, 1.807) is 0 Å². The van der Waals surface area contributed by atoms with E-state index in [9.17, 15) is 0 Å². The van der Waals surface area contributed by atoms with E-state index in [0.29, 0.717) is 13.2 Å². The molecule has 0 amide bonds. The molecule has 0 saturated heterocycles. The Morgan fingerprint density at radius 2 is 1.86 bits per heavy atom. The molecule has 0 atom stereocenters. The molecule has 1 N–H and O–H groups in total. The highest BCUT2D eigenvalue weighted by molar-refractivity contribution is 6.30. The summed E-state index contributed by atoms with van der Waals surface area (Å²) >= 11 is 6.04. The van der Waals surface area contributed by atoms with Crippen molar-refractivity contribution in [1.82, 2.24) is 5.32 Å². The van der Waals surface area contributed by atoms with E-state index in [0.717, 1.165) is 35.2 Å². The van der Waals surface area contributed by atoms with E-state index < -0.39 is 0 Å². The van der Waals surface area contributed by atoms with E-state index in [2.05, 4.69) is 12.2 Å². The minimum atomic E-state index is 0.495. The maximum Gasteiger partial charge on any atom is 0.124 e. The molecule has 0 aliphatic rings. The van der Waals surface area contributed by atoms with Gasteiger partial charge in [-0.3, -0.25) is 0 Å². The van der Waals surface area contributed by atoms with Crippen molar-refractivity contribution in [2.45, 2.75) is 20.4 Å². The Bertz CT molecular complexity index is 601. The lowest BCUT2D eigenvalue weighted by Gasteiger charge is -2.13. The van der Waals surface area contributed by atoms with E-state index in [4.69, 9.17) is 21.1 Å². The van der Waals surface area contributed by atoms with Gasteiger partial charge in [0.2, 0.25) is 0 Å². The van der Waals surface area contributed by atoms with Gasteiger partial charge in [0.15, 0.2) is 0 Å². The van der Waals surface area contributed by atoms with Crippen LogP contribution >= 0.6 is 11.6 Å². The van der Waals surface area contributed by atoms with Crippen LogP contribution in [-0.4, -0.2) is 19.8 Å². The standard InChI is InChI=1S/C18H22ClNO2/c1-3-20-13-15-12-16(19)7-8-18(15)22-10-9-21-17-6-4-5-14(2)11-17/h4-8,11-12,20H,3,9-10,13H2,1-2H3. The van der Waals surface area contributed by atoms with Crippen LogP contribution in [0.5, 0.6) is 11.5 Å². The fourth-order valence-electron chi connectivity index (χ4n) is 2.10. The zero-order chi connectivity index (χ0) is 15.8. The number of halogens is 1. The Morgan fingerprint density at radius 1 is 1.05 bits per heavy atom. The smallest absolute Gasteiger partial charge is 0.124 e.